The van der Waals surface area contributed by atoms with E-state index in [9.17, 15) is 0 Å². The molecule has 6 aromatic carbocycles. The van der Waals surface area contributed by atoms with E-state index in [2.05, 4.69) is 36.4 Å². The molecule has 5 heteroatoms. The van der Waals surface area contributed by atoms with Gasteiger partial charge in [0.2, 0.25) is 0 Å². The molecule has 9 rings (SSSR count). The Morgan fingerprint density at radius 2 is 0.857 bits per heavy atom. The van der Waals surface area contributed by atoms with Crippen molar-refractivity contribution >= 4 is 54.6 Å². The summed E-state index contributed by atoms with van der Waals surface area (Å²) in [5.74, 6) is 1.85. The summed E-state index contributed by atoms with van der Waals surface area (Å²) in [6.07, 6.45) is 0. The largest absolute Gasteiger partial charge is 0.456 e. The van der Waals surface area contributed by atoms with E-state index >= 15 is 0 Å². The Bertz CT molecular complexity index is 2400. The van der Waals surface area contributed by atoms with Gasteiger partial charge in [0, 0.05) is 38.2 Å². The van der Waals surface area contributed by atoms with Gasteiger partial charge in [-0.3, -0.25) is 0 Å². The Labute approximate surface area is 239 Å². The van der Waals surface area contributed by atoms with E-state index in [1.54, 1.807) is 0 Å². The van der Waals surface area contributed by atoms with E-state index in [1.807, 2.05) is 91.0 Å². The Morgan fingerprint density at radius 1 is 0.357 bits per heavy atom. The zero-order valence-electron chi connectivity index (χ0n) is 22.3. The Kier molecular flexibility index (Phi) is 4.83. The molecule has 0 radical (unpaired) electrons. The minimum absolute atomic E-state index is 0.597. The van der Waals surface area contributed by atoms with Crippen molar-refractivity contribution in [2.45, 2.75) is 0 Å². The van der Waals surface area contributed by atoms with Crippen LogP contribution in [-0.4, -0.2) is 15.0 Å². The van der Waals surface area contributed by atoms with Gasteiger partial charge in [-0.15, -0.1) is 0 Å². The van der Waals surface area contributed by atoms with Gasteiger partial charge in [0.05, 0.1) is 0 Å². The van der Waals surface area contributed by atoms with Gasteiger partial charge < -0.3 is 8.83 Å². The van der Waals surface area contributed by atoms with E-state index in [0.29, 0.717) is 17.5 Å². The van der Waals surface area contributed by atoms with Crippen molar-refractivity contribution in [2.24, 2.45) is 0 Å². The SMILES string of the molecule is c1ccc(-c2nc(-c3ccccc3)nc(-c3cc4oc5ccc6oc7ccccc7c6c5c4c4ccccc34)n2)cc1. The molecule has 0 unspecified atom stereocenters. The van der Waals surface area contributed by atoms with Crippen molar-refractivity contribution in [2.75, 3.05) is 0 Å². The number of hydrogen-bond acceptors (Lipinski definition) is 5. The second-order valence-electron chi connectivity index (χ2n) is 10.4. The van der Waals surface area contributed by atoms with Crippen LogP contribution < -0.4 is 0 Å². The van der Waals surface area contributed by atoms with Crippen molar-refractivity contribution in [1.29, 1.82) is 0 Å². The fraction of sp³-hybridized carbons (Fsp3) is 0. The predicted octanol–water partition coefficient (Wildman–Crippen LogP) is 9.82. The highest BCUT2D eigenvalue weighted by Crippen LogP contribution is 2.44. The molecular formula is C37H21N3O2. The second kappa shape index (κ2) is 8.85. The van der Waals surface area contributed by atoms with Gasteiger partial charge in [-0.2, -0.15) is 0 Å². The Hall–Kier alpha value is -5.81. The van der Waals surface area contributed by atoms with Crippen LogP contribution in [0.15, 0.2) is 136 Å². The average Bonchev–Trinajstić information content (AvgIpc) is 3.63. The monoisotopic (exact) mass is 539 g/mol. The van der Waals surface area contributed by atoms with Crippen LogP contribution in [0.4, 0.5) is 0 Å². The molecule has 0 amide bonds. The van der Waals surface area contributed by atoms with E-state index in [4.69, 9.17) is 23.8 Å². The van der Waals surface area contributed by atoms with Gasteiger partial charge in [0.25, 0.3) is 0 Å². The molecule has 196 valence electrons. The van der Waals surface area contributed by atoms with Crippen LogP contribution >= 0.6 is 0 Å². The molecule has 42 heavy (non-hydrogen) atoms. The zero-order chi connectivity index (χ0) is 27.6. The molecule has 0 atom stereocenters. The quantitative estimate of drug-likeness (QED) is 0.224. The van der Waals surface area contributed by atoms with Crippen LogP contribution in [0.25, 0.3) is 88.8 Å². The van der Waals surface area contributed by atoms with Gasteiger partial charge in [-0.1, -0.05) is 103 Å². The smallest absolute Gasteiger partial charge is 0.164 e. The number of nitrogens with zero attached hydrogens (tertiary/aromatic N) is 3. The molecule has 0 saturated heterocycles. The summed E-state index contributed by atoms with van der Waals surface area (Å²) < 4.78 is 12.8. The Balaban J connectivity index is 1.38. The lowest BCUT2D eigenvalue weighted by Gasteiger charge is -2.11. The third-order valence-corrected chi connectivity index (χ3v) is 7.92. The van der Waals surface area contributed by atoms with Gasteiger partial charge >= 0.3 is 0 Å². The number of furan rings is 2. The lowest BCUT2D eigenvalue weighted by molar-refractivity contribution is 0.663. The number of rotatable bonds is 3. The topological polar surface area (TPSA) is 65.0 Å². The minimum atomic E-state index is 0.597. The van der Waals surface area contributed by atoms with Crippen LogP contribution in [0.2, 0.25) is 0 Å². The Morgan fingerprint density at radius 3 is 1.55 bits per heavy atom. The first kappa shape index (κ1) is 22.9. The van der Waals surface area contributed by atoms with Gasteiger partial charge in [0.1, 0.15) is 22.3 Å². The summed E-state index contributed by atoms with van der Waals surface area (Å²) in [4.78, 5) is 14.9. The van der Waals surface area contributed by atoms with Crippen molar-refractivity contribution in [3.05, 3.63) is 127 Å². The highest BCUT2D eigenvalue weighted by Gasteiger charge is 2.21. The molecular weight excluding hydrogens is 518 g/mol. The number of para-hydroxylation sites is 1. The summed E-state index contributed by atoms with van der Waals surface area (Å²) in [5, 5.41) is 6.37. The third-order valence-electron chi connectivity index (χ3n) is 7.92. The lowest BCUT2D eigenvalue weighted by atomic mass is 9.97. The highest BCUT2D eigenvalue weighted by atomic mass is 16.3. The van der Waals surface area contributed by atoms with Crippen LogP contribution in [0, 0.1) is 0 Å². The first-order valence-electron chi connectivity index (χ1n) is 13.9. The average molecular weight is 540 g/mol. The van der Waals surface area contributed by atoms with Crippen molar-refractivity contribution in [1.82, 2.24) is 15.0 Å². The molecule has 0 aliphatic heterocycles. The summed E-state index contributed by atoms with van der Waals surface area (Å²) >= 11 is 0. The first-order chi connectivity index (χ1) is 20.8. The van der Waals surface area contributed by atoms with Crippen LogP contribution in [0.5, 0.6) is 0 Å². The molecule has 0 aliphatic carbocycles. The maximum Gasteiger partial charge on any atom is 0.164 e. The molecule has 9 aromatic rings. The molecule has 0 spiro atoms. The summed E-state index contributed by atoms with van der Waals surface area (Å²) in [6.45, 7) is 0. The molecule has 0 N–H and O–H groups in total. The molecule has 3 heterocycles. The van der Waals surface area contributed by atoms with Crippen LogP contribution in [0.3, 0.4) is 0 Å². The summed E-state index contributed by atoms with van der Waals surface area (Å²) in [5.41, 5.74) is 6.06. The lowest BCUT2D eigenvalue weighted by Crippen LogP contribution is -2.00. The normalized spacial score (nSPS) is 11.8. The fourth-order valence-electron chi connectivity index (χ4n) is 6.05. The molecule has 0 saturated carbocycles. The van der Waals surface area contributed by atoms with Crippen LogP contribution in [0.1, 0.15) is 0 Å². The van der Waals surface area contributed by atoms with E-state index < -0.39 is 0 Å². The molecule has 0 aliphatic rings. The predicted molar refractivity (Wildman–Crippen MR) is 168 cm³/mol. The third kappa shape index (κ3) is 3.40. The zero-order valence-corrected chi connectivity index (χ0v) is 22.3. The molecule has 5 nitrogen and oxygen atoms in total. The van der Waals surface area contributed by atoms with E-state index in [-0.39, 0.29) is 0 Å². The highest BCUT2D eigenvalue weighted by molar-refractivity contribution is 6.31. The van der Waals surface area contributed by atoms with Gasteiger partial charge in [-0.05, 0) is 35.0 Å². The van der Waals surface area contributed by atoms with Gasteiger partial charge in [-0.25, -0.2) is 15.0 Å². The van der Waals surface area contributed by atoms with Crippen molar-refractivity contribution in [3.63, 3.8) is 0 Å². The summed E-state index contributed by atoms with van der Waals surface area (Å²) in [6, 6.07) is 42.7. The molecule has 3 aromatic heterocycles. The maximum atomic E-state index is 6.57. The molecule has 0 bridgehead atoms. The standard InChI is InChI=1S/C37H21N3O2/c1-3-11-22(12-4-1)35-38-36(23-13-5-2-6-14-23)40-37(39-35)27-21-31-32(25-16-8-7-15-24(25)27)34-30(42-31)20-19-29-33(34)26-17-9-10-18-28(26)41-29/h1-21H. The van der Waals surface area contributed by atoms with Crippen molar-refractivity contribution < 1.29 is 8.83 Å². The van der Waals surface area contributed by atoms with E-state index in [1.165, 1.54) is 0 Å². The molecule has 0 fully saturated rings. The number of hydrogen-bond donors (Lipinski definition) is 0. The number of fused-ring (bicyclic) bond motifs is 9. The fourth-order valence-corrected chi connectivity index (χ4v) is 6.05. The van der Waals surface area contributed by atoms with Crippen LogP contribution in [-0.2, 0) is 0 Å². The second-order valence-corrected chi connectivity index (χ2v) is 10.4. The minimum Gasteiger partial charge on any atom is -0.456 e. The van der Waals surface area contributed by atoms with E-state index in [0.717, 1.165) is 71.3 Å². The number of benzene rings is 6. The number of aromatic nitrogens is 3. The van der Waals surface area contributed by atoms with Crippen molar-refractivity contribution in [3.8, 4) is 34.2 Å². The summed E-state index contributed by atoms with van der Waals surface area (Å²) in [7, 11) is 0. The first-order valence-corrected chi connectivity index (χ1v) is 13.9. The van der Waals surface area contributed by atoms with Gasteiger partial charge in [0.15, 0.2) is 17.5 Å². The maximum absolute atomic E-state index is 6.57.